The van der Waals surface area contributed by atoms with Crippen molar-refractivity contribution in [1.29, 1.82) is 5.26 Å². The molecule has 140 valence electrons. The maximum absolute atomic E-state index is 13.9. The van der Waals surface area contributed by atoms with Gasteiger partial charge in [0.1, 0.15) is 5.82 Å². The normalized spacial score (nSPS) is 13.8. The Morgan fingerprint density at radius 1 is 1.15 bits per heavy atom. The van der Waals surface area contributed by atoms with E-state index in [0.29, 0.717) is 48.9 Å². The van der Waals surface area contributed by atoms with Crippen LogP contribution in [0.4, 0.5) is 10.1 Å². The Morgan fingerprint density at radius 2 is 1.89 bits per heavy atom. The Balaban J connectivity index is 1.55. The molecule has 0 atom stereocenters. The van der Waals surface area contributed by atoms with Crippen molar-refractivity contribution in [3.05, 3.63) is 53.8 Å². The summed E-state index contributed by atoms with van der Waals surface area (Å²) in [5, 5.41) is 8.92. The highest BCUT2D eigenvalue weighted by atomic mass is 19.1. The summed E-state index contributed by atoms with van der Waals surface area (Å²) in [5.74, 6) is 0.421. The molecule has 0 spiro atoms. The van der Waals surface area contributed by atoms with Gasteiger partial charge < -0.3 is 19.3 Å². The Hall–Kier alpha value is -3.27. The van der Waals surface area contributed by atoms with Crippen molar-refractivity contribution in [3.8, 4) is 17.6 Å². The highest BCUT2D eigenvalue weighted by Gasteiger charge is 2.23. The maximum atomic E-state index is 13.9. The first kappa shape index (κ1) is 18.5. The molecule has 7 heteroatoms. The van der Waals surface area contributed by atoms with E-state index >= 15 is 0 Å². The standard InChI is InChI=1S/C20H20FN3O3/c1-26-19-12-15(13-22)6-7-18(19)27-14-20(25)24-10-8-23(9-11-24)17-5-3-2-4-16(17)21/h2-7,12H,8-11,14H2,1H3. The minimum absolute atomic E-state index is 0.123. The van der Waals surface area contributed by atoms with Gasteiger partial charge in [0, 0.05) is 32.2 Å². The summed E-state index contributed by atoms with van der Waals surface area (Å²) in [6, 6.07) is 13.4. The zero-order valence-corrected chi connectivity index (χ0v) is 15.0. The summed E-state index contributed by atoms with van der Waals surface area (Å²) in [4.78, 5) is 16.1. The van der Waals surface area contributed by atoms with Crippen molar-refractivity contribution in [2.75, 3.05) is 44.8 Å². The number of nitrogens with zero attached hydrogens (tertiary/aromatic N) is 3. The Bertz CT molecular complexity index is 858. The van der Waals surface area contributed by atoms with Crippen LogP contribution in [0.2, 0.25) is 0 Å². The van der Waals surface area contributed by atoms with E-state index in [2.05, 4.69) is 0 Å². The molecule has 0 saturated carbocycles. The number of hydrogen-bond acceptors (Lipinski definition) is 5. The van der Waals surface area contributed by atoms with Gasteiger partial charge in [-0.15, -0.1) is 0 Å². The second-order valence-electron chi connectivity index (χ2n) is 6.09. The lowest BCUT2D eigenvalue weighted by Crippen LogP contribution is -2.50. The molecule has 0 bridgehead atoms. The van der Waals surface area contributed by atoms with Gasteiger partial charge >= 0.3 is 0 Å². The number of para-hydroxylation sites is 1. The van der Waals surface area contributed by atoms with E-state index in [4.69, 9.17) is 14.7 Å². The number of benzene rings is 2. The van der Waals surface area contributed by atoms with Crippen LogP contribution in [-0.4, -0.2) is 50.7 Å². The van der Waals surface area contributed by atoms with Crippen LogP contribution in [0.25, 0.3) is 0 Å². The Kier molecular flexibility index (Phi) is 5.77. The molecule has 1 heterocycles. The van der Waals surface area contributed by atoms with Crippen molar-refractivity contribution in [1.82, 2.24) is 4.90 Å². The highest BCUT2D eigenvalue weighted by Crippen LogP contribution is 2.28. The third kappa shape index (κ3) is 4.29. The zero-order chi connectivity index (χ0) is 19.2. The SMILES string of the molecule is COc1cc(C#N)ccc1OCC(=O)N1CCN(c2ccccc2F)CC1. The van der Waals surface area contributed by atoms with Crippen LogP contribution in [0.15, 0.2) is 42.5 Å². The van der Waals surface area contributed by atoms with E-state index < -0.39 is 0 Å². The number of methoxy groups -OCH3 is 1. The summed E-state index contributed by atoms with van der Waals surface area (Å²) in [7, 11) is 1.48. The van der Waals surface area contributed by atoms with Gasteiger partial charge in [0.2, 0.25) is 0 Å². The number of amides is 1. The molecule has 3 rings (SSSR count). The number of anilines is 1. The van der Waals surface area contributed by atoms with Crippen LogP contribution >= 0.6 is 0 Å². The van der Waals surface area contributed by atoms with E-state index in [0.717, 1.165) is 0 Å². The topological polar surface area (TPSA) is 65.8 Å². The number of hydrogen-bond donors (Lipinski definition) is 0. The van der Waals surface area contributed by atoms with E-state index in [-0.39, 0.29) is 18.3 Å². The Morgan fingerprint density at radius 3 is 2.56 bits per heavy atom. The summed E-state index contributed by atoms with van der Waals surface area (Å²) in [6.07, 6.45) is 0. The molecule has 2 aromatic rings. The van der Waals surface area contributed by atoms with Gasteiger partial charge in [-0.1, -0.05) is 12.1 Å². The molecule has 0 radical (unpaired) electrons. The molecule has 0 N–H and O–H groups in total. The largest absolute Gasteiger partial charge is 0.493 e. The molecule has 6 nitrogen and oxygen atoms in total. The predicted octanol–water partition coefficient (Wildman–Crippen LogP) is 2.43. The van der Waals surface area contributed by atoms with Crippen LogP contribution in [0, 0.1) is 17.1 Å². The average Bonchev–Trinajstić information content (AvgIpc) is 2.72. The van der Waals surface area contributed by atoms with E-state index in [1.807, 2.05) is 11.0 Å². The van der Waals surface area contributed by atoms with Gasteiger partial charge in [0.25, 0.3) is 5.91 Å². The lowest BCUT2D eigenvalue weighted by molar-refractivity contribution is -0.133. The van der Waals surface area contributed by atoms with Crippen LogP contribution in [0.3, 0.4) is 0 Å². The van der Waals surface area contributed by atoms with Crippen LogP contribution in [0.1, 0.15) is 5.56 Å². The first-order valence-corrected chi connectivity index (χ1v) is 8.60. The molecule has 1 aliphatic heterocycles. The number of halogens is 1. The molecule has 0 unspecified atom stereocenters. The van der Waals surface area contributed by atoms with Gasteiger partial charge in [0.15, 0.2) is 18.1 Å². The van der Waals surface area contributed by atoms with E-state index in [9.17, 15) is 9.18 Å². The first-order valence-electron chi connectivity index (χ1n) is 8.60. The fraction of sp³-hybridized carbons (Fsp3) is 0.300. The second kappa shape index (κ2) is 8.41. The van der Waals surface area contributed by atoms with Crippen LogP contribution < -0.4 is 14.4 Å². The Labute approximate surface area is 157 Å². The fourth-order valence-corrected chi connectivity index (χ4v) is 2.99. The quantitative estimate of drug-likeness (QED) is 0.810. The molecular formula is C20H20FN3O3. The smallest absolute Gasteiger partial charge is 0.260 e. The van der Waals surface area contributed by atoms with Gasteiger partial charge in [0.05, 0.1) is 24.4 Å². The van der Waals surface area contributed by atoms with Crippen molar-refractivity contribution >= 4 is 11.6 Å². The maximum Gasteiger partial charge on any atom is 0.260 e. The summed E-state index contributed by atoms with van der Waals surface area (Å²) >= 11 is 0. The van der Waals surface area contributed by atoms with Gasteiger partial charge in [-0.2, -0.15) is 5.26 Å². The number of nitriles is 1. The number of carbonyl (C=O) groups is 1. The number of carbonyl (C=O) groups excluding carboxylic acids is 1. The summed E-state index contributed by atoms with van der Waals surface area (Å²) in [5.41, 5.74) is 1.01. The minimum atomic E-state index is -0.256. The summed E-state index contributed by atoms with van der Waals surface area (Å²) < 4.78 is 24.7. The summed E-state index contributed by atoms with van der Waals surface area (Å²) in [6.45, 7) is 2.00. The molecular weight excluding hydrogens is 349 g/mol. The third-order valence-electron chi connectivity index (χ3n) is 4.47. The van der Waals surface area contributed by atoms with E-state index in [1.54, 1.807) is 41.3 Å². The van der Waals surface area contributed by atoms with Gasteiger partial charge in [-0.05, 0) is 24.3 Å². The van der Waals surface area contributed by atoms with Crippen molar-refractivity contribution in [2.24, 2.45) is 0 Å². The second-order valence-corrected chi connectivity index (χ2v) is 6.09. The van der Waals surface area contributed by atoms with Gasteiger partial charge in [-0.3, -0.25) is 4.79 Å². The van der Waals surface area contributed by atoms with Crippen LogP contribution in [-0.2, 0) is 4.79 Å². The number of ether oxygens (including phenoxy) is 2. The fourth-order valence-electron chi connectivity index (χ4n) is 2.99. The monoisotopic (exact) mass is 369 g/mol. The molecule has 0 aromatic heterocycles. The number of piperazine rings is 1. The minimum Gasteiger partial charge on any atom is -0.493 e. The molecule has 1 aliphatic rings. The van der Waals surface area contributed by atoms with Crippen LogP contribution in [0.5, 0.6) is 11.5 Å². The highest BCUT2D eigenvalue weighted by molar-refractivity contribution is 5.78. The zero-order valence-electron chi connectivity index (χ0n) is 15.0. The molecule has 2 aromatic carbocycles. The van der Waals surface area contributed by atoms with Crippen molar-refractivity contribution in [2.45, 2.75) is 0 Å². The molecule has 27 heavy (non-hydrogen) atoms. The molecule has 1 saturated heterocycles. The van der Waals surface area contributed by atoms with Gasteiger partial charge in [-0.25, -0.2) is 4.39 Å². The van der Waals surface area contributed by atoms with E-state index in [1.165, 1.54) is 13.2 Å². The predicted molar refractivity (Wildman–Crippen MR) is 98.4 cm³/mol. The molecule has 1 fully saturated rings. The average molecular weight is 369 g/mol. The molecule has 1 amide bonds. The van der Waals surface area contributed by atoms with Crippen molar-refractivity contribution < 1.29 is 18.7 Å². The molecule has 0 aliphatic carbocycles. The lowest BCUT2D eigenvalue weighted by Gasteiger charge is -2.36. The van der Waals surface area contributed by atoms with Crippen molar-refractivity contribution in [3.63, 3.8) is 0 Å². The first-order chi connectivity index (χ1) is 13.1. The number of rotatable bonds is 5. The lowest BCUT2D eigenvalue weighted by atomic mass is 10.2. The third-order valence-corrected chi connectivity index (χ3v) is 4.47.